The van der Waals surface area contributed by atoms with E-state index in [9.17, 15) is 9.59 Å². The molecule has 0 spiro atoms. The Hall–Kier alpha value is -1.39. The standard InChI is InChI=1S/C13H15ClN2O2/c1-8(9-5-3-4-6-10(9)14)15-11-7-12(17)16(2)13(11)18/h3-6,8,11,15H,7H2,1-2H3/t8-,11?/m1/s1. The van der Waals surface area contributed by atoms with Crippen LogP contribution in [0.1, 0.15) is 24.9 Å². The molecule has 2 amide bonds. The molecule has 0 bridgehead atoms. The summed E-state index contributed by atoms with van der Waals surface area (Å²) in [5.41, 5.74) is 0.925. The van der Waals surface area contributed by atoms with Gasteiger partial charge in [-0.3, -0.25) is 19.8 Å². The first-order valence-electron chi connectivity index (χ1n) is 5.81. The molecule has 5 heteroatoms. The number of likely N-dealkylation sites (tertiary alicyclic amines) is 1. The summed E-state index contributed by atoms with van der Waals surface area (Å²) in [6.45, 7) is 1.93. The summed E-state index contributed by atoms with van der Waals surface area (Å²) >= 11 is 6.10. The number of benzene rings is 1. The first-order valence-corrected chi connectivity index (χ1v) is 6.19. The Labute approximate surface area is 111 Å². The fourth-order valence-electron chi connectivity index (χ4n) is 2.10. The van der Waals surface area contributed by atoms with E-state index in [1.807, 2.05) is 31.2 Å². The van der Waals surface area contributed by atoms with E-state index in [0.29, 0.717) is 5.02 Å². The molecule has 1 aromatic rings. The zero-order chi connectivity index (χ0) is 13.3. The maximum atomic E-state index is 11.8. The number of hydrogen-bond acceptors (Lipinski definition) is 3. The van der Waals surface area contributed by atoms with Gasteiger partial charge in [0.15, 0.2) is 0 Å². The lowest BCUT2D eigenvalue weighted by Crippen LogP contribution is -2.38. The van der Waals surface area contributed by atoms with Crippen molar-refractivity contribution in [1.82, 2.24) is 10.2 Å². The highest BCUT2D eigenvalue weighted by Gasteiger charge is 2.36. The molecule has 1 saturated heterocycles. The van der Waals surface area contributed by atoms with Crippen LogP contribution in [0, 0.1) is 0 Å². The molecule has 0 aromatic heterocycles. The van der Waals surface area contributed by atoms with Crippen LogP contribution in [0.4, 0.5) is 0 Å². The van der Waals surface area contributed by atoms with Crippen LogP contribution in [0.3, 0.4) is 0 Å². The molecule has 1 unspecified atom stereocenters. The number of hydrogen-bond donors (Lipinski definition) is 1. The first-order chi connectivity index (χ1) is 8.50. The van der Waals surface area contributed by atoms with Gasteiger partial charge in [-0.1, -0.05) is 29.8 Å². The van der Waals surface area contributed by atoms with Crippen LogP contribution in [0.25, 0.3) is 0 Å². The van der Waals surface area contributed by atoms with Crippen LogP contribution in [-0.4, -0.2) is 29.8 Å². The van der Waals surface area contributed by atoms with E-state index < -0.39 is 6.04 Å². The molecule has 1 aromatic carbocycles. The van der Waals surface area contributed by atoms with E-state index in [1.165, 1.54) is 7.05 Å². The summed E-state index contributed by atoms with van der Waals surface area (Å²) in [7, 11) is 1.51. The first kappa shape index (κ1) is 13.1. The average Bonchev–Trinajstić information content (AvgIpc) is 2.57. The molecule has 1 fully saturated rings. The number of imide groups is 1. The lowest BCUT2D eigenvalue weighted by molar-refractivity contribution is -0.137. The molecular formula is C13H15ClN2O2. The van der Waals surface area contributed by atoms with E-state index in [1.54, 1.807) is 0 Å². The Morgan fingerprint density at radius 3 is 2.61 bits per heavy atom. The molecule has 1 N–H and O–H groups in total. The van der Waals surface area contributed by atoms with Gasteiger partial charge in [-0.25, -0.2) is 0 Å². The molecule has 4 nitrogen and oxygen atoms in total. The van der Waals surface area contributed by atoms with Gasteiger partial charge in [0, 0.05) is 18.1 Å². The minimum Gasteiger partial charge on any atom is -0.299 e. The Morgan fingerprint density at radius 2 is 2.06 bits per heavy atom. The third-order valence-electron chi connectivity index (χ3n) is 3.20. The molecular weight excluding hydrogens is 252 g/mol. The van der Waals surface area contributed by atoms with E-state index in [4.69, 9.17) is 11.6 Å². The Kier molecular flexibility index (Phi) is 3.68. The molecule has 0 radical (unpaired) electrons. The zero-order valence-electron chi connectivity index (χ0n) is 10.3. The van der Waals surface area contributed by atoms with Crippen LogP contribution in [0.15, 0.2) is 24.3 Å². The van der Waals surface area contributed by atoms with Crippen molar-refractivity contribution in [3.63, 3.8) is 0 Å². The van der Waals surface area contributed by atoms with Crippen molar-refractivity contribution in [3.05, 3.63) is 34.9 Å². The summed E-state index contributed by atoms with van der Waals surface area (Å²) in [5, 5.41) is 3.81. The van der Waals surface area contributed by atoms with Crippen LogP contribution < -0.4 is 5.32 Å². The highest BCUT2D eigenvalue weighted by atomic mass is 35.5. The smallest absolute Gasteiger partial charge is 0.246 e. The molecule has 18 heavy (non-hydrogen) atoms. The van der Waals surface area contributed by atoms with Crippen molar-refractivity contribution < 1.29 is 9.59 Å². The normalized spacial score (nSPS) is 21.5. The van der Waals surface area contributed by atoms with Crippen LogP contribution in [0.5, 0.6) is 0 Å². The number of nitrogens with zero attached hydrogens (tertiary/aromatic N) is 1. The Bertz CT molecular complexity index is 490. The fourth-order valence-corrected chi connectivity index (χ4v) is 2.40. The number of nitrogens with one attached hydrogen (secondary N) is 1. The van der Waals surface area contributed by atoms with Crippen molar-refractivity contribution in [2.45, 2.75) is 25.4 Å². The molecule has 0 saturated carbocycles. The van der Waals surface area contributed by atoms with Gasteiger partial charge in [-0.2, -0.15) is 0 Å². The second kappa shape index (κ2) is 5.08. The largest absolute Gasteiger partial charge is 0.299 e. The predicted molar refractivity (Wildman–Crippen MR) is 69.2 cm³/mol. The van der Waals surface area contributed by atoms with Gasteiger partial charge in [0.25, 0.3) is 0 Å². The van der Waals surface area contributed by atoms with Gasteiger partial charge in [0.1, 0.15) is 0 Å². The van der Waals surface area contributed by atoms with E-state index in [-0.39, 0.29) is 24.3 Å². The lowest BCUT2D eigenvalue weighted by Gasteiger charge is -2.19. The second-order valence-corrected chi connectivity index (χ2v) is 4.86. The maximum absolute atomic E-state index is 11.8. The molecule has 96 valence electrons. The zero-order valence-corrected chi connectivity index (χ0v) is 11.1. The van der Waals surface area contributed by atoms with Gasteiger partial charge in [0.05, 0.1) is 12.5 Å². The minimum atomic E-state index is -0.450. The average molecular weight is 267 g/mol. The predicted octanol–water partition coefficient (Wildman–Crippen LogP) is 1.75. The number of carbonyl (C=O) groups excluding carboxylic acids is 2. The molecule has 1 heterocycles. The lowest BCUT2D eigenvalue weighted by atomic mass is 10.1. The summed E-state index contributed by atoms with van der Waals surface area (Å²) in [4.78, 5) is 24.4. The minimum absolute atomic E-state index is 0.0769. The Balaban J connectivity index is 2.09. The molecule has 2 atom stereocenters. The van der Waals surface area contributed by atoms with Crippen molar-refractivity contribution in [2.24, 2.45) is 0 Å². The molecule has 0 aliphatic carbocycles. The quantitative estimate of drug-likeness (QED) is 0.848. The molecule has 2 rings (SSSR count). The van der Waals surface area contributed by atoms with Crippen LogP contribution >= 0.6 is 11.6 Å². The second-order valence-electron chi connectivity index (χ2n) is 4.46. The summed E-state index contributed by atoms with van der Waals surface area (Å²) < 4.78 is 0. The highest BCUT2D eigenvalue weighted by Crippen LogP contribution is 2.24. The van der Waals surface area contributed by atoms with E-state index in [0.717, 1.165) is 10.5 Å². The monoisotopic (exact) mass is 266 g/mol. The third-order valence-corrected chi connectivity index (χ3v) is 3.55. The van der Waals surface area contributed by atoms with Crippen molar-refractivity contribution in [1.29, 1.82) is 0 Å². The van der Waals surface area contributed by atoms with E-state index in [2.05, 4.69) is 5.32 Å². The molecule has 1 aliphatic rings. The van der Waals surface area contributed by atoms with Gasteiger partial charge < -0.3 is 0 Å². The summed E-state index contributed by atoms with van der Waals surface area (Å²) in [6, 6.07) is 6.94. The topological polar surface area (TPSA) is 49.4 Å². The summed E-state index contributed by atoms with van der Waals surface area (Å²) in [6.07, 6.45) is 0.212. The number of halogens is 1. The van der Waals surface area contributed by atoms with Gasteiger partial charge in [0.2, 0.25) is 11.8 Å². The van der Waals surface area contributed by atoms with Crippen molar-refractivity contribution >= 4 is 23.4 Å². The van der Waals surface area contributed by atoms with Gasteiger partial charge in [-0.05, 0) is 18.6 Å². The van der Waals surface area contributed by atoms with Gasteiger partial charge in [-0.15, -0.1) is 0 Å². The highest BCUT2D eigenvalue weighted by molar-refractivity contribution is 6.31. The number of amides is 2. The van der Waals surface area contributed by atoms with E-state index >= 15 is 0 Å². The number of rotatable bonds is 3. The fraction of sp³-hybridized carbons (Fsp3) is 0.385. The molecule has 1 aliphatic heterocycles. The number of carbonyl (C=O) groups is 2. The maximum Gasteiger partial charge on any atom is 0.246 e. The number of likely N-dealkylation sites (N-methyl/N-ethyl adjacent to an activating group) is 1. The Morgan fingerprint density at radius 1 is 1.39 bits per heavy atom. The summed E-state index contributed by atoms with van der Waals surface area (Å²) in [5.74, 6) is -0.331. The van der Waals surface area contributed by atoms with Crippen molar-refractivity contribution in [2.75, 3.05) is 7.05 Å². The van der Waals surface area contributed by atoms with Crippen LogP contribution in [0.2, 0.25) is 5.02 Å². The SMILES string of the molecule is C[C@@H](NC1CC(=O)N(C)C1=O)c1ccccc1Cl. The van der Waals surface area contributed by atoms with Crippen molar-refractivity contribution in [3.8, 4) is 0 Å². The van der Waals surface area contributed by atoms with Gasteiger partial charge >= 0.3 is 0 Å². The van der Waals surface area contributed by atoms with Crippen LogP contribution in [-0.2, 0) is 9.59 Å². The third kappa shape index (κ3) is 2.40.